The predicted molar refractivity (Wildman–Crippen MR) is 102 cm³/mol. The number of benzene rings is 1. The van der Waals surface area contributed by atoms with E-state index in [1.807, 2.05) is 4.90 Å². The van der Waals surface area contributed by atoms with Crippen molar-refractivity contribution < 1.29 is 17.9 Å². The van der Waals surface area contributed by atoms with Crippen molar-refractivity contribution in [2.45, 2.75) is 63.3 Å². The highest BCUT2D eigenvalue weighted by Crippen LogP contribution is 2.27. The number of carbonyl (C=O) groups excluding carboxylic acids is 1. The normalized spacial score (nSPS) is 16.7. The van der Waals surface area contributed by atoms with Gasteiger partial charge in [-0.25, -0.2) is 13.1 Å². The Hall–Kier alpha value is -1.60. The topological polar surface area (TPSA) is 75.7 Å². The molecule has 2 rings (SSSR count). The van der Waals surface area contributed by atoms with E-state index in [9.17, 15) is 13.2 Å². The molecule has 0 aromatic heterocycles. The number of sulfonamides is 1. The predicted octanol–water partition coefficient (Wildman–Crippen LogP) is 3.18. The summed E-state index contributed by atoms with van der Waals surface area (Å²) in [6.07, 6.45) is 5.44. The molecule has 0 atom stereocenters. The summed E-state index contributed by atoms with van der Waals surface area (Å²) in [6.45, 7) is 6.74. The van der Waals surface area contributed by atoms with Gasteiger partial charge in [-0.05, 0) is 51.8 Å². The lowest BCUT2D eigenvalue weighted by molar-refractivity contribution is 0.0742. The number of carbonyl (C=O) groups is 1. The maximum absolute atomic E-state index is 12.9. The van der Waals surface area contributed by atoms with Crippen molar-refractivity contribution in [3.63, 3.8) is 0 Å². The van der Waals surface area contributed by atoms with Crippen LogP contribution in [-0.2, 0) is 10.0 Å². The monoisotopic (exact) mass is 382 g/mol. The molecule has 1 aromatic rings. The van der Waals surface area contributed by atoms with Crippen LogP contribution in [0, 0.1) is 0 Å². The molecule has 0 unspecified atom stereocenters. The molecule has 1 aromatic carbocycles. The van der Waals surface area contributed by atoms with Gasteiger partial charge in [-0.2, -0.15) is 0 Å². The van der Waals surface area contributed by atoms with Crippen LogP contribution in [0.3, 0.4) is 0 Å². The van der Waals surface area contributed by atoms with Crippen molar-refractivity contribution in [2.24, 2.45) is 0 Å². The highest BCUT2D eigenvalue weighted by Gasteiger charge is 2.27. The van der Waals surface area contributed by atoms with E-state index in [4.69, 9.17) is 4.74 Å². The largest absolute Gasteiger partial charge is 0.495 e. The standard InChI is InChI=1S/C19H30N2O4S/c1-19(2,3)20-26(23,24)17-14-15(10-11-16(17)25-4)18(22)21-12-8-6-5-7-9-13-21/h10-11,14,20H,5-9,12-13H2,1-4H3. The van der Waals surface area contributed by atoms with Crippen molar-refractivity contribution >= 4 is 15.9 Å². The van der Waals surface area contributed by atoms with Crippen LogP contribution in [0.5, 0.6) is 5.75 Å². The molecule has 1 heterocycles. The Kier molecular flexibility index (Phi) is 6.69. The highest BCUT2D eigenvalue weighted by molar-refractivity contribution is 7.89. The molecule has 146 valence electrons. The van der Waals surface area contributed by atoms with Crippen LogP contribution in [0.2, 0.25) is 0 Å². The smallest absolute Gasteiger partial charge is 0.253 e. The quantitative estimate of drug-likeness (QED) is 0.868. The summed E-state index contributed by atoms with van der Waals surface area (Å²) in [5.41, 5.74) is -0.256. The molecular formula is C19H30N2O4S. The molecule has 26 heavy (non-hydrogen) atoms. The number of rotatable bonds is 4. The number of hydrogen-bond acceptors (Lipinski definition) is 4. The molecule has 7 heteroatoms. The number of amides is 1. The molecule has 1 N–H and O–H groups in total. The highest BCUT2D eigenvalue weighted by atomic mass is 32.2. The van der Waals surface area contributed by atoms with E-state index in [-0.39, 0.29) is 16.6 Å². The summed E-state index contributed by atoms with van der Waals surface area (Å²) in [6, 6.07) is 4.61. The van der Waals surface area contributed by atoms with E-state index in [0.717, 1.165) is 25.7 Å². The minimum Gasteiger partial charge on any atom is -0.495 e. The van der Waals surface area contributed by atoms with E-state index in [1.54, 1.807) is 32.9 Å². The van der Waals surface area contributed by atoms with Crippen LogP contribution in [0.15, 0.2) is 23.1 Å². The second-order valence-corrected chi connectivity index (χ2v) is 9.43. The van der Waals surface area contributed by atoms with Crippen LogP contribution < -0.4 is 9.46 Å². The number of nitrogens with one attached hydrogen (secondary N) is 1. The van der Waals surface area contributed by atoms with Gasteiger partial charge in [0.15, 0.2) is 0 Å². The lowest BCUT2D eigenvalue weighted by Crippen LogP contribution is -2.40. The van der Waals surface area contributed by atoms with Crippen LogP contribution >= 0.6 is 0 Å². The molecular weight excluding hydrogens is 352 g/mol. The SMILES string of the molecule is COc1ccc(C(=O)N2CCCCCCC2)cc1S(=O)(=O)NC(C)(C)C. The van der Waals surface area contributed by atoms with Gasteiger partial charge in [-0.3, -0.25) is 4.79 Å². The van der Waals surface area contributed by atoms with Gasteiger partial charge in [0.05, 0.1) is 7.11 Å². The summed E-state index contributed by atoms with van der Waals surface area (Å²) in [7, 11) is -2.38. The number of likely N-dealkylation sites (tertiary alicyclic amines) is 1. The fourth-order valence-corrected chi connectivity index (χ4v) is 4.73. The zero-order valence-corrected chi connectivity index (χ0v) is 17.0. The van der Waals surface area contributed by atoms with Gasteiger partial charge in [0.1, 0.15) is 10.6 Å². The number of ether oxygens (including phenoxy) is 1. The number of hydrogen-bond donors (Lipinski definition) is 1. The van der Waals surface area contributed by atoms with Gasteiger partial charge in [-0.1, -0.05) is 19.3 Å². The summed E-state index contributed by atoms with van der Waals surface area (Å²) >= 11 is 0. The maximum Gasteiger partial charge on any atom is 0.253 e. The Morgan fingerprint density at radius 2 is 1.65 bits per heavy atom. The van der Waals surface area contributed by atoms with Gasteiger partial charge >= 0.3 is 0 Å². The minimum atomic E-state index is -3.81. The zero-order chi connectivity index (χ0) is 19.4. The van der Waals surface area contributed by atoms with Crippen LogP contribution in [-0.4, -0.2) is 45.0 Å². The van der Waals surface area contributed by atoms with E-state index in [0.29, 0.717) is 18.7 Å². The lowest BCUT2D eigenvalue weighted by Gasteiger charge is -2.25. The number of methoxy groups -OCH3 is 1. The number of nitrogens with zero attached hydrogens (tertiary/aromatic N) is 1. The third-order valence-corrected chi connectivity index (χ3v) is 6.06. The van der Waals surface area contributed by atoms with Gasteiger partial charge < -0.3 is 9.64 Å². The first-order valence-corrected chi connectivity index (χ1v) is 10.6. The van der Waals surface area contributed by atoms with Gasteiger partial charge in [0, 0.05) is 24.2 Å². The first kappa shape index (κ1) is 20.7. The maximum atomic E-state index is 12.9. The second kappa shape index (κ2) is 8.39. The molecule has 1 aliphatic rings. The summed E-state index contributed by atoms with van der Waals surface area (Å²) in [5.74, 6) is 0.104. The molecule has 6 nitrogen and oxygen atoms in total. The summed E-state index contributed by atoms with van der Waals surface area (Å²) in [4.78, 5) is 14.7. The van der Waals surface area contributed by atoms with Crippen molar-refractivity contribution in [1.29, 1.82) is 0 Å². The van der Waals surface area contributed by atoms with E-state index < -0.39 is 15.6 Å². The molecule has 1 aliphatic heterocycles. The molecule has 1 amide bonds. The minimum absolute atomic E-state index is 0.00665. The third kappa shape index (κ3) is 5.45. The third-order valence-electron chi connectivity index (χ3n) is 4.28. The molecule has 1 saturated heterocycles. The molecule has 0 spiro atoms. The molecule has 0 saturated carbocycles. The van der Waals surface area contributed by atoms with E-state index in [2.05, 4.69) is 4.72 Å². The van der Waals surface area contributed by atoms with Crippen molar-refractivity contribution in [3.05, 3.63) is 23.8 Å². The Morgan fingerprint density at radius 3 is 2.19 bits per heavy atom. The fraction of sp³-hybridized carbons (Fsp3) is 0.632. The van der Waals surface area contributed by atoms with E-state index >= 15 is 0 Å². The first-order chi connectivity index (χ1) is 12.1. The lowest BCUT2D eigenvalue weighted by atomic mass is 10.1. The van der Waals surface area contributed by atoms with Crippen LogP contribution in [0.1, 0.15) is 63.2 Å². The summed E-state index contributed by atoms with van der Waals surface area (Å²) in [5, 5.41) is 0. The second-order valence-electron chi connectivity index (χ2n) is 7.78. The molecule has 0 radical (unpaired) electrons. The Bertz CT molecular complexity index is 730. The van der Waals surface area contributed by atoms with Crippen molar-refractivity contribution in [3.8, 4) is 5.75 Å². The van der Waals surface area contributed by atoms with Crippen LogP contribution in [0.25, 0.3) is 0 Å². The molecule has 0 aliphatic carbocycles. The molecule has 1 fully saturated rings. The summed E-state index contributed by atoms with van der Waals surface area (Å²) < 4.78 is 33.4. The van der Waals surface area contributed by atoms with Gasteiger partial charge in [0.25, 0.3) is 5.91 Å². The Labute approximate surface area is 157 Å². The van der Waals surface area contributed by atoms with Gasteiger partial charge in [-0.15, -0.1) is 0 Å². The van der Waals surface area contributed by atoms with Crippen molar-refractivity contribution in [2.75, 3.05) is 20.2 Å². The van der Waals surface area contributed by atoms with Crippen molar-refractivity contribution in [1.82, 2.24) is 9.62 Å². The average molecular weight is 383 g/mol. The van der Waals surface area contributed by atoms with Gasteiger partial charge in [0.2, 0.25) is 10.0 Å². The van der Waals surface area contributed by atoms with E-state index in [1.165, 1.54) is 19.6 Å². The fourth-order valence-electron chi connectivity index (χ4n) is 3.11. The van der Waals surface area contributed by atoms with Crippen LogP contribution in [0.4, 0.5) is 0 Å². The molecule has 0 bridgehead atoms. The first-order valence-electron chi connectivity index (χ1n) is 9.15. The zero-order valence-electron chi connectivity index (χ0n) is 16.2. The Morgan fingerprint density at radius 1 is 1.08 bits per heavy atom. The Balaban J connectivity index is 2.35. The average Bonchev–Trinajstić information content (AvgIpc) is 2.51.